The van der Waals surface area contributed by atoms with Crippen LogP contribution in [0.4, 0.5) is 11.4 Å². The Balaban J connectivity index is 2.79. The van der Waals surface area contributed by atoms with Crippen LogP contribution in [-0.4, -0.2) is 12.2 Å². The van der Waals surface area contributed by atoms with E-state index < -0.39 is 0 Å². The topological polar surface area (TPSA) is 58.9 Å². The normalized spacial score (nSPS) is 9.50. The summed E-state index contributed by atoms with van der Waals surface area (Å²) in [6.45, 7) is 0. The molecular weight excluding hydrogens is 388 g/mol. The van der Waals surface area contributed by atoms with Crippen molar-refractivity contribution in [1.82, 2.24) is 0 Å². The van der Waals surface area contributed by atoms with Crippen LogP contribution >= 0.6 is 31.9 Å². The molecule has 0 aliphatic rings. The molecule has 0 heterocycles. The highest BCUT2D eigenvalue weighted by Crippen LogP contribution is 2.45. The van der Waals surface area contributed by atoms with Crippen molar-refractivity contribution in [2.75, 3.05) is 0 Å². The number of hydrogen-bond acceptors (Lipinski definition) is 4. The van der Waals surface area contributed by atoms with Gasteiger partial charge in [-0.1, -0.05) is 30.3 Å². The third kappa shape index (κ3) is 2.84. The van der Waals surface area contributed by atoms with Gasteiger partial charge in [-0.25, -0.2) is 9.59 Å². The van der Waals surface area contributed by atoms with Crippen LogP contribution in [-0.2, 0) is 9.59 Å². The number of benzene rings is 2. The van der Waals surface area contributed by atoms with Gasteiger partial charge >= 0.3 is 0 Å². The van der Waals surface area contributed by atoms with Gasteiger partial charge in [0.05, 0.1) is 4.47 Å². The van der Waals surface area contributed by atoms with E-state index in [1.54, 1.807) is 6.07 Å². The molecule has 0 aliphatic heterocycles. The van der Waals surface area contributed by atoms with Gasteiger partial charge in [-0.2, -0.15) is 9.98 Å². The third-order valence-corrected chi connectivity index (χ3v) is 4.70. The Morgan fingerprint density at radius 1 is 0.900 bits per heavy atom. The molecule has 98 valence electrons. The molecule has 2 aromatic carbocycles. The Kier molecular flexibility index (Phi) is 4.77. The number of nitrogens with zero attached hydrogens (tertiary/aromatic N) is 2. The average Bonchev–Trinajstić information content (AvgIpc) is 2.48. The summed E-state index contributed by atoms with van der Waals surface area (Å²) in [6.07, 6.45) is 2.90. The van der Waals surface area contributed by atoms with Crippen molar-refractivity contribution in [3.05, 3.63) is 45.3 Å². The van der Waals surface area contributed by atoms with Crippen LogP contribution < -0.4 is 0 Å². The number of isocyanates is 2. The zero-order chi connectivity index (χ0) is 14.5. The van der Waals surface area contributed by atoms with Crippen LogP contribution in [0.2, 0.25) is 0 Å². The maximum Gasteiger partial charge on any atom is 0.240 e. The van der Waals surface area contributed by atoms with Crippen LogP contribution in [0.3, 0.4) is 0 Å². The van der Waals surface area contributed by atoms with Crippen LogP contribution in [0.15, 0.2) is 55.3 Å². The summed E-state index contributed by atoms with van der Waals surface area (Å²) in [5.74, 6) is 0. The standard InChI is InChI=1S/C14H6Br2N2O2/c15-12-10(9-4-2-1-3-5-9)6-11(17-7-19)14(13(12)16)18-8-20/h1-6H. The van der Waals surface area contributed by atoms with Gasteiger partial charge < -0.3 is 0 Å². The van der Waals surface area contributed by atoms with Gasteiger partial charge in [-0.05, 0) is 49.1 Å². The fourth-order valence-corrected chi connectivity index (χ4v) is 2.75. The molecule has 0 aliphatic carbocycles. The zero-order valence-electron chi connectivity index (χ0n) is 9.93. The molecule has 0 saturated carbocycles. The lowest BCUT2D eigenvalue weighted by Crippen LogP contribution is -1.83. The minimum Gasteiger partial charge on any atom is -0.211 e. The van der Waals surface area contributed by atoms with Crippen LogP contribution in [0.25, 0.3) is 11.1 Å². The molecule has 0 N–H and O–H groups in total. The summed E-state index contributed by atoms with van der Waals surface area (Å²) in [7, 11) is 0. The van der Waals surface area contributed by atoms with E-state index >= 15 is 0 Å². The lowest BCUT2D eigenvalue weighted by atomic mass is 10.0. The average molecular weight is 394 g/mol. The van der Waals surface area contributed by atoms with E-state index in [4.69, 9.17) is 0 Å². The van der Waals surface area contributed by atoms with E-state index in [0.717, 1.165) is 11.1 Å². The van der Waals surface area contributed by atoms with Crippen molar-refractivity contribution in [3.8, 4) is 11.1 Å². The quantitative estimate of drug-likeness (QED) is 0.554. The number of hydrogen-bond donors (Lipinski definition) is 0. The van der Waals surface area contributed by atoms with Crippen LogP contribution in [0.5, 0.6) is 0 Å². The molecule has 0 fully saturated rings. The number of aliphatic imine (C=N–C) groups is 2. The Hall–Kier alpha value is -1.84. The summed E-state index contributed by atoms with van der Waals surface area (Å²) in [5, 5.41) is 0. The van der Waals surface area contributed by atoms with Gasteiger partial charge in [0.1, 0.15) is 11.4 Å². The first-order valence-electron chi connectivity index (χ1n) is 5.42. The summed E-state index contributed by atoms with van der Waals surface area (Å²) >= 11 is 6.79. The van der Waals surface area contributed by atoms with Gasteiger partial charge in [0.25, 0.3) is 0 Å². The van der Waals surface area contributed by atoms with Crippen LogP contribution in [0, 0.1) is 0 Å². The second-order valence-electron chi connectivity index (χ2n) is 3.69. The minimum absolute atomic E-state index is 0.231. The first-order chi connectivity index (χ1) is 9.69. The first-order valence-corrected chi connectivity index (χ1v) is 7.00. The second-order valence-corrected chi connectivity index (χ2v) is 5.28. The number of rotatable bonds is 3. The molecule has 2 rings (SSSR count). The number of halogens is 2. The van der Waals surface area contributed by atoms with E-state index in [1.807, 2.05) is 30.3 Å². The molecule has 0 unspecified atom stereocenters. The second kappa shape index (κ2) is 6.55. The molecule has 6 heteroatoms. The van der Waals surface area contributed by atoms with Gasteiger partial charge in [0, 0.05) is 4.47 Å². The van der Waals surface area contributed by atoms with Crippen LogP contribution in [0.1, 0.15) is 0 Å². The fourth-order valence-electron chi connectivity index (χ4n) is 1.72. The Bertz CT molecular complexity index is 748. The molecule has 0 radical (unpaired) electrons. The molecule has 0 spiro atoms. The fraction of sp³-hybridized carbons (Fsp3) is 0. The Morgan fingerprint density at radius 3 is 2.15 bits per heavy atom. The lowest BCUT2D eigenvalue weighted by molar-refractivity contribution is 0.564. The summed E-state index contributed by atoms with van der Waals surface area (Å²) in [4.78, 5) is 28.1. The van der Waals surface area contributed by atoms with Gasteiger partial charge in [-0.3, -0.25) is 0 Å². The predicted octanol–water partition coefficient (Wildman–Crippen LogP) is 4.81. The van der Waals surface area contributed by atoms with E-state index in [1.165, 1.54) is 12.2 Å². The molecule has 4 nitrogen and oxygen atoms in total. The smallest absolute Gasteiger partial charge is 0.211 e. The van der Waals surface area contributed by atoms with Gasteiger partial charge in [-0.15, -0.1) is 0 Å². The Morgan fingerprint density at radius 2 is 1.55 bits per heavy atom. The molecule has 0 amide bonds. The zero-order valence-corrected chi connectivity index (χ0v) is 13.1. The van der Waals surface area contributed by atoms with Crippen molar-refractivity contribution in [3.63, 3.8) is 0 Å². The lowest BCUT2D eigenvalue weighted by Gasteiger charge is -2.10. The monoisotopic (exact) mass is 392 g/mol. The highest BCUT2D eigenvalue weighted by molar-refractivity contribution is 9.13. The largest absolute Gasteiger partial charge is 0.240 e. The number of carbonyl (C=O) groups excluding carboxylic acids is 2. The Labute approximate surface area is 131 Å². The van der Waals surface area contributed by atoms with Crippen molar-refractivity contribution in [2.45, 2.75) is 0 Å². The van der Waals surface area contributed by atoms with Gasteiger partial charge in [0.15, 0.2) is 0 Å². The molecule has 0 atom stereocenters. The molecule has 2 aromatic rings. The van der Waals surface area contributed by atoms with E-state index in [9.17, 15) is 9.59 Å². The summed E-state index contributed by atoms with van der Waals surface area (Å²) in [6, 6.07) is 11.2. The van der Waals surface area contributed by atoms with Crippen molar-refractivity contribution in [1.29, 1.82) is 0 Å². The SMILES string of the molecule is O=C=Nc1cc(-c2ccccc2)c(Br)c(Br)c1N=C=O. The van der Waals surface area contributed by atoms with E-state index in [0.29, 0.717) is 8.95 Å². The maximum absolute atomic E-state index is 10.5. The highest BCUT2D eigenvalue weighted by Gasteiger charge is 2.15. The van der Waals surface area contributed by atoms with Crippen molar-refractivity contribution >= 4 is 55.4 Å². The first kappa shape index (κ1) is 14.6. The molecule has 20 heavy (non-hydrogen) atoms. The molecule has 0 saturated heterocycles. The highest BCUT2D eigenvalue weighted by atomic mass is 79.9. The van der Waals surface area contributed by atoms with Crippen molar-refractivity contribution < 1.29 is 9.59 Å². The summed E-state index contributed by atoms with van der Waals surface area (Å²) in [5.41, 5.74) is 2.23. The summed E-state index contributed by atoms with van der Waals surface area (Å²) < 4.78 is 1.23. The van der Waals surface area contributed by atoms with E-state index in [2.05, 4.69) is 41.8 Å². The van der Waals surface area contributed by atoms with Crippen molar-refractivity contribution in [2.24, 2.45) is 9.98 Å². The molecule has 0 bridgehead atoms. The third-order valence-electron chi connectivity index (χ3n) is 2.57. The van der Waals surface area contributed by atoms with E-state index in [-0.39, 0.29) is 11.4 Å². The molecule has 0 aromatic heterocycles. The predicted molar refractivity (Wildman–Crippen MR) is 82.8 cm³/mol. The van der Waals surface area contributed by atoms with Gasteiger partial charge in [0.2, 0.25) is 12.2 Å². The minimum atomic E-state index is 0.231. The molecular formula is C14H6Br2N2O2. The maximum atomic E-state index is 10.5.